The molecule has 0 saturated carbocycles. The van der Waals surface area contributed by atoms with Crippen LogP contribution in [0, 0.1) is 0 Å². The number of phenolic OH excluding ortho intramolecular Hbond substituents is 3. The van der Waals surface area contributed by atoms with E-state index in [-0.39, 0.29) is 16.2 Å². The van der Waals surface area contributed by atoms with Gasteiger partial charge in [0.1, 0.15) is 17.2 Å². The Morgan fingerprint density at radius 2 is 0.444 bits per heavy atom. The van der Waals surface area contributed by atoms with Gasteiger partial charge in [0.05, 0.1) is 0 Å². The highest BCUT2D eigenvalue weighted by atomic mass is 16.3. The first-order valence-corrected chi connectivity index (χ1v) is 21.2. The van der Waals surface area contributed by atoms with Crippen molar-refractivity contribution in [2.24, 2.45) is 0 Å². The van der Waals surface area contributed by atoms with Gasteiger partial charge in [0.25, 0.3) is 0 Å². The molecule has 0 atom stereocenters. The Kier molecular flexibility index (Phi) is 14.2. The molecular formula is C51H72O3. The van der Waals surface area contributed by atoms with E-state index in [9.17, 15) is 15.3 Å². The van der Waals surface area contributed by atoms with Crippen molar-refractivity contribution in [1.29, 1.82) is 0 Å². The molecule has 294 valence electrons. The highest BCUT2D eigenvalue weighted by molar-refractivity contribution is 5.56. The van der Waals surface area contributed by atoms with E-state index in [4.69, 9.17) is 0 Å². The molecule has 0 aromatic heterocycles. The van der Waals surface area contributed by atoms with Gasteiger partial charge in [0.15, 0.2) is 0 Å². The van der Waals surface area contributed by atoms with Crippen LogP contribution in [0.15, 0.2) is 54.6 Å². The summed E-state index contributed by atoms with van der Waals surface area (Å²) in [5, 5.41) is 33.9. The Hall–Kier alpha value is -3.72. The first-order valence-electron chi connectivity index (χ1n) is 21.2. The second kappa shape index (κ2) is 17.8. The zero-order valence-corrected chi connectivity index (χ0v) is 36.0. The van der Waals surface area contributed by atoms with E-state index in [2.05, 4.69) is 138 Å². The number of hydrogen-bond acceptors (Lipinski definition) is 3. The molecule has 0 aliphatic carbocycles. The molecule has 0 amide bonds. The lowest BCUT2D eigenvalue weighted by Crippen LogP contribution is -2.27. The minimum absolute atomic E-state index is 0.360. The Balaban J connectivity index is 2.07. The summed E-state index contributed by atoms with van der Waals surface area (Å²) in [6, 6.07) is 20.8. The second-order valence-corrected chi connectivity index (χ2v) is 17.6. The molecule has 0 unspecified atom stereocenters. The monoisotopic (exact) mass is 733 g/mol. The van der Waals surface area contributed by atoms with E-state index in [1.807, 2.05) is 0 Å². The highest BCUT2D eigenvalue weighted by Gasteiger charge is 2.34. The molecule has 4 rings (SSSR count). The molecule has 54 heavy (non-hydrogen) atoms. The largest absolute Gasteiger partial charge is 0.507 e. The average molecular weight is 733 g/mol. The van der Waals surface area contributed by atoms with Crippen LogP contribution in [-0.2, 0) is 54.8 Å². The maximum absolute atomic E-state index is 11.3. The number of rotatable bonds is 18. The maximum atomic E-state index is 11.3. The molecule has 0 bridgehead atoms. The van der Waals surface area contributed by atoms with E-state index < -0.39 is 0 Å². The molecule has 0 aliphatic heterocycles. The summed E-state index contributed by atoms with van der Waals surface area (Å²) in [5.74, 6) is 1.39. The highest BCUT2D eigenvalue weighted by Crippen LogP contribution is 2.45. The van der Waals surface area contributed by atoms with Crippen LogP contribution in [-0.4, -0.2) is 15.3 Å². The molecule has 3 nitrogen and oxygen atoms in total. The maximum Gasteiger partial charge on any atom is 0.121 e. The summed E-state index contributed by atoms with van der Waals surface area (Å²) in [7, 11) is 0. The molecule has 3 heteroatoms. The summed E-state index contributed by atoms with van der Waals surface area (Å²) in [6.45, 7) is 27.1. The SMILES string of the molecule is CCCc1cc(C(C)(C)c2cc(C(C)(C)c3cc(CCC)c(O)c(CCC)c3)cc(C(C)(C)c3cc(CCC)c(O)c(CCC)c3)c2)cc(CCC)c1O. The number of phenols is 3. The minimum Gasteiger partial charge on any atom is -0.507 e. The van der Waals surface area contributed by atoms with Crippen molar-refractivity contribution in [1.82, 2.24) is 0 Å². The van der Waals surface area contributed by atoms with Crippen LogP contribution >= 0.6 is 0 Å². The Labute approximate surface area is 329 Å². The van der Waals surface area contributed by atoms with Crippen LogP contribution in [0.5, 0.6) is 17.2 Å². The van der Waals surface area contributed by atoms with E-state index in [1.54, 1.807) is 0 Å². The molecule has 0 aliphatic rings. The van der Waals surface area contributed by atoms with Crippen molar-refractivity contribution < 1.29 is 15.3 Å². The molecule has 0 fully saturated rings. The lowest BCUT2D eigenvalue weighted by Gasteiger charge is -2.36. The van der Waals surface area contributed by atoms with E-state index in [1.165, 1.54) is 33.4 Å². The van der Waals surface area contributed by atoms with Crippen molar-refractivity contribution >= 4 is 0 Å². The summed E-state index contributed by atoms with van der Waals surface area (Å²) < 4.78 is 0. The zero-order chi connectivity index (χ0) is 40.0. The van der Waals surface area contributed by atoms with Crippen molar-refractivity contribution in [2.45, 2.75) is 176 Å². The number of aromatic hydroxyl groups is 3. The standard InChI is InChI=1S/C51H72O3/c1-13-19-34-25-40(26-35(20-14-2)46(34)52)49(7,8)43-31-44(50(9,10)41-27-36(21-15-3)47(53)37(28-41)22-16-4)33-45(32-43)51(11,12)42-29-38(23-17-5)48(54)39(30-42)24-18-6/h25-33,52-54H,13-24H2,1-12H3. The second-order valence-electron chi connectivity index (χ2n) is 17.6. The lowest BCUT2D eigenvalue weighted by molar-refractivity contribution is 0.458. The first kappa shape index (κ1) is 43.0. The summed E-state index contributed by atoms with van der Waals surface area (Å²) in [4.78, 5) is 0. The van der Waals surface area contributed by atoms with E-state index >= 15 is 0 Å². The third-order valence-electron chi connectivity index (χ3n) is 12.2. The minimum atomic E-state index is -0.360. The smallest absolute Gasteiger partial charge is 0.121 e. The summed E-state index contributed by atoms with van der Waals surface area (Å²) >= 11 is 0. The molecule has 0 heterocycles. The van der Waals surface area contributed by atoms with Gasteiger partial charge in [-0.1, -0.05) is 176 Å². The average Bonchev–Trinajstić information content (AvgIpc) is 3.13. The Morgan fingerprint density at radius 3 is 0.593 bits per heavy atom. The van der Waals surface area contributed by atoms with E-state index in [0.717, 1.165) is 110 Å². The van der Waals surface area contributed by atoms with Crippen LogP contribution < -0.4 is 0 Å². The number of benzene rings is 4. The van der Waals surface area contributed by atoms with Gasteiger partial charge >= 0.3 is 0 Å². The predicted molar refractivity (Wildman–Crippen MR) is 231 cm³/mol. The topological polar surface area (TPSA) is 60.7 Å². The summed E-state index contributed by atoms with van der Waals surface area (Å²) in [6.07, 6.45) is 10.9. The van der Waals surface area contributed by atoms with Crippen molar-refractivity contribution in [3.8, 4) is 17.2 Å². The van der Waals surface area contributed by atoms with Crippen molar-refractivity contribution in [3.05, 3.63) is 121 Å². The number of hydrogen-bond donors (Lipinski definition) is 3. The fourth-order valence-corrected chi connectivity index (χ4v) is 8.33. The van der Waals surface area contributed by atoms with Crippen LogP contribution in [0.3, 0.4) is 0 Å². The van der Waals surface area contributed by atoms with Crippen LogP contribution in [0.2, 0.25) is 0 Å². The normalized spacial score (nSPS) is 12.4. The molecule has 3 N–H and O–H groups in total. The van der Waals surface area contributed by atoms with Gasteiger partial charge < -0.3 is 15.3 Å². The van der Waals surface area contributed by atoms with Crippen LogP contribution in [0.1, 0.15) is 188 Å². The van der Waals surface area contributed by atoms with Crippen LogP contribution in [0.25, 0.3) is 0 Å². The van der Waals surface area contributed by atoms with Gasteiger partial charge in [0.2, 0.25) is 0 Å². The van der Waals surface area contributed by atoms with E-state index in [0.29, 0.717) is 17.2 Å². The van der Waals surface area contributed by atoms with Gasteiger partial charge in [-0.2, -0.15) is 0 Å². The summed E-state index contributed by atoms with van der Waals surface area (Å²) in [5.41, 5.74) is 12.6. The Bertz CT molecular complexity index is 1580. The van der Waals surface area contributed by atoms with Crippen molar-refractivity contribution in [3.63, 3.8) is 0 Å². The zero-order valence-electron chi connectivity index (χ0n) is 36.0. The fourth-order valence-electron chi connectivity index (χ4n) is 8.33. The van der Waals surface area contributed by atoms with Gasteiger partial charge in [0, 0.05) is 16.2 Å². The number of aryl methyl sites for hydroxylation is 6. The molecule has 4 aromatic rings. The molecule has 0 spiro atoms. The van der Waals surface area contributed by atoms with Gasteiger partial charge in [-0.3, -0.25) is 0 Å². The van der Waals surface area contributed by atoms with Crippen molar-refractivity contribution in [2.75, 3.05) is 0 Å². The molecular weight excluding hydrogens is 661 g/mol. The predicted octanol–water partition coefficient (Wildman–Crippen LogP) is 13.5. The van der Waals surface area contributed by atoms with Gasteiger partial charge in [-0.25, -0.2) is 0 Å². The third kappa shape index (κ3) is 8.87. The molecule has 4 aromatic carbocycles. The fraction of sp³-hybridized carbons (Fsp3) is 0.529. The van der Waals surface area contributed by atoms with Gasteiger partial charge in [-0.15, -0.1) is 0 Å². The molecule has 0 saturated heterocycles. The van der Waals surface area contributed by atoms with Gasteiger partial charge in [-0.05, 0) is 105 Å². The molecule has 0 radical (unpaired) electrons. The first-order chi connectivity index (χ1) is 25.5. The quantitative estimate of drug-likeness (QED) is 0.0954. The third-order valence-corrected chi connectivity index (χ3v) is 12.2. The lowest BCUT2D eigenvalue weighted by atomic mass is 9.68. The Morgan fingerprint density at radius 1 is 0.296 bits per heavy atom. The van der Waals surface area contributed by atoms with Crippen LogP contribution in [0.4, 0.5) is 0 Å².